The quantitative estimate of drug-likeness (QED) is 0.360. The molecule has 0 aliphatic carbocycles. The molecule has 7 nitrogen and oxygen atoms in total. The SMILES string of the molecule is Cc1nn(CCCNC(=O)/C=C/c2cccc([N+](=O)[O-])c2)cc1Cl. The molecule has 126 valence electrons. The summed E-state index contributed by atoms with van der Waals surface area (Å²) in [5, 5.41) is 18.3. The molecule has 24 heavy (non-hydrogen) atoms. The second-order valence-electron chi connectivity index (χ2n) is 5.16. The second-order valence-corrected chi connectivity index (χ2v) is 5.56. The van der Waals surface area contributed by atoms with Crippen LogP contribution >= 0.6 is 11.6 Å². The van der Waals surface area contributed by atoms with Crippen molar-refractivity contribution in [2.75, 3.05) is 6.54 Å². The number of halogens is 1. The molecule has 1 N–H and O–H groups in total. The van der Waals surface area contributed by atoms with E-state index in [1.54, 1.807) is 29.1 Å². The summed E-state index contributed by atoms with van der Waals surface area (Å²) in [6, 6.07) is 6.09. The zero-order valence-corrected chi connectivity index (χ0v) is 13.9. The van der Waals surface area contributed by atoms with E-state index in [9.17, 15) is 14.9 Å². The zero-order chi connectivity index (χ0) is 17.5. The predicted molar refractivity (Wildman–Crippen MR) is 91.7 cm³/mol. The number of nitrogens with one attached hydrogen (secondary N) is 1. The molecule has 2 rings (SSSR count). The lowest BCUT2D eigenvalue weighted by molar-refractivity contribution is -0.384. The van der Waals surface area contributed by atoms with Gasteiger partial charge in [0.2, 0.25) is 5.91 Å². The number of carbonyl (C=O) groups is 1. The Morgan fingerprint density at radius 2 is 2.29 bits per heavy atom. The van der Waals surface area contributed by atoms with Crippen LogP contribution in [0.15, 0.2) is 36.5 Å². The number of benzene rings is 1. The Morgan fingerprint density at radius 3 is 2.96 bits per heavy atom. The molecule has 8 heteroatoms. The number of hydrogen-bond donors (Lipinski definition) is 1. The molecule has 0 fully saturated rings. The first-order valence-electron chi connectivity index (χ1n) is 7.35. The van der Waals surface area contributed by atoms with Gasteiger partial charge in [0.25, 0.3) is 5.69 Å². The lowest BCUT2D eigenvalue weighted by Gasteiger charge is -2.03. The van der Waals surface area contributed by atoms with Crippen molar-refractivity contribution in [3.05, 3.63) is 62.9 Å². The third kappa shape index (κ3) is 5.20. The maximum absolute atomic E-state index is 11.7. The maximum Gasteiger partial charge on any atom is 0.270 e. The Kier molecular flexibility index (Phi) is 6.08. The van der Waals surface area contributed by atoms with Crippen LogP contribution in [0.3, 0.4) is 0 Å². The third-order valence-electron chi connectivity index (χ3n) is 3.26. The Bertz CT molecular complexity index is 751. The number of nitrogens with zero attached hydrogens (tertiary/aromatic N) is 3. The molecule has 1 aromatic carbocycles. The van der Waals surface area contributed by atoms with Gasteiger partial charge in [0.1, 0.15) is 0 Å². The van der Waals surface area contributed by atoms with E-state index in [4.69, 9.17) is 11.6 Å². The largest absolute Gasteiger partial charge is 0.352 e. The van der Waals surface area contributed by atoms with E-state index in [1.807, 2.05) is 6.92 Å². The van der Waals surface area contributed by atoms with E-state index < -0.39 is 4.92 Å². The summed E-state index contributed by atoms with van der Waals surface area (Å²) in [5.41, 5.74) is 1.37. The van der Waals surface area contributed by atoms with Crippen LogP contribution in [0.5, 0.6) is 0 Å². The van der Waals surface area contributed by atoms with Crippen LogP contribution in [0.1, 0.15) is 17.7 Å². The van der Waals surface area contributed by atoms with E-state index in [-0.39, 0.29) is 11.6 Å². The summed E-state index contributed by atoms with van der Waals surface area (Å²) in [7, 11) is 0. The van der Waals surface area contributed by atoms with Crippen molar-refractivity contribution in [1.29, 1.82) is 0 Å². The minimum absolute atomic E-state index is 0.00858. The highest BCUT2D eigenvalue weighted by Crippen LogP contribution is 2.14. The van der Waals surface area contributed by atoms with Crippen molar-refractivity contribution in [3.8, 4) is 0 Å². The summed E-state index contributed by atoms with van der Waals surface area (Å²) in [6.07, 6.45) is 5.36. The van der Waals surface area contributed by atoms with Gasteiger partial charge in [-0.15, -0.1) is 0 Å². The highest BCUT2D eigenvalue weighted by Gasteiger charge is 2.04. The number of non-ortho nitro benzene ring substituents is 1. The highest BCUT2D eigenvalue weighted by atomic mass is 35.5. The predicted octanol–water partition coefficient (Wildman–Crippen LogP) is 2.97. The molecule has 0 saturated carbocycles. The number of carbonyl (C=O) groups excluding carboxylic acids is 1. The van der Waals surface area contributed by atoms with Gasteiger partial charge < -0.3 is 5.32 Å². The Labute approximate surface area is 144 Å². The monoisotopic (exact) mass is 348 g/mol. The van der Waals surface area contributed by atoms with Gasteiger partial charge in [0.15, 0.2) is 0 Å². The van der Waals surface area contributed by atoms with Gasteiger partial charge in [-0.05, 0) is 25.0 Å². The second kappa shape index (κ2) is 8.26. The van der Waals surface area contributed by atoms with Gasteiger partial charge in [0.05, 0.1) is 15.6 Å². The van der Waals surface area contributed by atoms with Crippen molar-refractivity contribution in [2.24, 2.45) is 0 Å². The van der Waals surface area contributed by atoms with E-state index in [0.717, 1.165) is 5.69 Å². The number of nitro groups is 1. The van der Waals surface area contributed by atoms with Crippen molar-refractivity contribution in [2.45, 2.75) is 19.9 Å². The van der Waals surface area contributed by atoms with E-state index >= 15 is 0 Å². The summed E-state index contributed by atoms with van der Waals surface area (Å²) in [4.78, 5) is 21.9. The number of nitro benzene ring substituents is 1. The Morgan fingerprint density at radius 1 is 1.50 bits per heavy atom. The normalized spacial score (nSPS) is 10.9. The van der Waals surface area contributed by atoms with Crippen LogP contribution < -0.4 is 5.32 Å². The number of amides is 1. The van der Waals surface area contributed by atoms with Gasteiger partial charge in [-0.1, -0.05) is 23.7 Å². The summed E-state index contributed by atoms with van der Waals surface area (Å²) < 4.78 is 1.74. The Balaban J connectivity index is 1.76. The summed E-state index contributed by atoms with van der Waals surface area (Å²) in [6.45, 7) is 2.98. The minimum atomic E-state index is -0.472. The summed E-state index contributed by atoms with van der Waals surface area (Å²) in [5.74, 6) is -0.254. The highest BCUT2D eigenvalue weighted by molar-refractivity contribution is 6.31. The molecule has 0 aliphatic rings. The van der Waals surface area contributed by atoms with E-state index in [1.165, 1.54) is 18.2 Å². The fourth-order valence-electron chi connectivity index (χ4n) is 2.03. The molecule has 0 bridgehead atoms. The van der Waals surface area contributed by atoms with Crippen LogP contribution in [0.4, 0.5) is 5.69 Å². The van der Waals surface area contributed by atoms with Gasteiger partial charge in [-0.2, -0.15) is 5.10 Å². The van der Waals surface area contributed by atoms with Crippen molar-refractivity contribution >= 4 is 29.3 Å². The van der Waals surface area contributed by atoms with Gasteiger partial charge in [-0.3, -0.25) is 19.6 Å². The number of hydrogen-bond acceptors (Lipinski definition) is 4. The molecule has 0 saturated heterocycles. The summed E-state index contributed by atoms with van der Waals surface area (Å²) >= 11 is 5.92. The maximum atomic E-state index is 11.7. The van der Waals surface area contributed by atoms with Gasteiger partial charge in [0, 0.05) is 37.5 Å². The molecule has 0 aliphatic heterocycles. The first kappa shape index (κ1) is 17.7. The molecule has 0 atom stereocenters. The van der Waals surface area contributed by atoms with Gasteiger partial charge in [-0.25, -0.2) is 0 Å². The van der Waals surface area contributed by atoms with Crippen LogP contribution in [-0.4, -0.2) is 27.2 Å². The average molecular weight is 349 g/mol. The standard InChI is InChI=1S/C16H17ClN4O3/c1-12-15(17)11-20(19-12)9-3-8-18-16(22)7-6-13-4-2-5-14(10-13)21(23)24/h2,4-7,10-11H,3,8-9H2,1H3,(H,18,22)/b7-6+. The lowest BCUT2D eigenvalue weighted by atomic mass is 10.2. The van der Waals surface area contributed by atoms with Crippen LogP contribution in [0.2, 0.25) is 5.02 Å². The topological polar surface area (TPSA) is 90.1 Å². The molecule has 2 aromatic rings. The molecule has 1 heterocycles. The van der Waals surface area contributed by atoms with Crippen molar-refractivity contribution in [1.82, 2.24) is 15.1 Å². The van der Waals surface area contributed by atoms with Crippen LogP contribution in [-0.2, 0) is 11.3 Å². The molecule has 0 spiro atoms. The molecule has 1 aromatic heterocycles. The zero-order valence-electron chi connectivity index (χ0n) is 13.1. The van der Waals surface area contributed by atoms with Crippen LogP contribution in [0, 0.1) is 17.0 Å². The number of aromatic nitrogens is 2. The van der Waals surface area contributed by atoms with Crippen LogP contribution in [0.25, 0.3) is 6.08 Å². The number of aryl methyl sites for hydroxylation is 2. The number of rotatable bonds is 7. The smallest absolute Gasteiger partial charge is 0.270 e. The molecule has 0 unspecified atom stereocenters. The van der Waals surface area contributed by atoms with Crippen molar-refractivity contribution < 1.29 is 9.72 Å². The van der Waals surface area contributed by atoms with Gasteiger partial charge >= 0.3 is 0 Å². The molecular formula is C16H17ClN4O3. The molecule has 1 amide bonds. The average Bonchev–Trinajstić information content (AvgIpc) is 2.88. The first-order chi connectivity index (χ1) is 11.5. The van der Waals surface area contributed by atoms with E-state index in [0.29, 0.717) is 30.1 Å². The lowest BCUT2D eigenvalue weighted by Crippen LogP contribution is -2.23. The third-order valence-corrected chi connectivity index (χ3v) is 3.63. The molecule has 0 radical (unpaired) electrons. The van der Waals surface area contributed by atoms with E-state index in [2.05, 4.69) is 10.4 Å². The fourth-order valence-corrected chi connectivity index (χ4v) is 2.18. The first-order valence-corrected chi connectivity index (χ1v) is 7.73. The van der Waals surface area contributed by atoms with Crippen molar-refractivity contribution in [3.63, 3.8) is 0 Å². The minimum Gasteiger partial charge on any atom is -0.352 e. The fraction of sp³-hybridized carbons (Fsp3) is 0.250. The Hall–Kier alpha value is -2.67. The molecular weight excluding hydrogens is 332 g/mol.